The van der Waals surface area contributed by atoms with E-state index in [1.54, 1.807) is 13.2 Å². The molecule has 5 aliphatic carbocycles. The fraction of sp³-hybridized carbons (Fsp3) is 0.867. The van der Waals surface area contributed by atoms with E-state index in [0.29, 0.717) is 11.8 Å². The smallest absolute Gasteiger partial charge is 0.309 e. The van der Waals surface area contributed by atoms with Gasteiger partial charge in [0.05, 0.1) is 5.41 Å². The van der Waals surface area contributed by atoms with Crippen LogP contribution in [0.4, 0.5) is 0 Å². The highest BCUT2D eigenvalue weighted by atomic mass is 16.5. The van der Waals surface area contributed by atoms with Crippen LogP contribution >= 0.6 is 0 Å². The Hall–Kier alpha value is -1.20. The van der Waals surface area contributed by atoms with Crippen LogP contribution in [-0.2, 0) is 14.3 Å². The van der Waals surface area contributed by atoms with Crippen LogP contribution in [0.1, 0.15) is 99.3 Å². The fourth-order valence-electron chi connectivity index (χ4n) is 10.4. The Labute approximate surface area is 211 Å². The summed E-state index contributed by atoms with van der Waals surface area (Å²) < 4.78 is 5.87. The van der Waals surface area contributed by atoms with Crippen molar-refractivity contribution in [2.75, 3.05) is 7.11 Å². The number of carboxylic acid groups (broad SMARTS) is 1. The zero-order valence-corrected chi connectivity index (χ0v) is 22.9. The predicted molar refractivity (Wildman–Crippen MR) is 135 cm³/mol. The van der Waals surface area contributed by atoms with Crippen molar-refractivity contribution in [3.05, 3.63) is 11.6 Å². The van der Waals surface area contributed by atoms with Gasteiger partial charge in [-0.1, -0.05) is 33.3 Å². The third-order valence-corrected chi connectivity index (χ3v) is 13.3. The minimum absolute atomic E-state index is 0.0493. The van der Waals surface area contributed by atoms with Gasteiger partial charge in [0.2, 0.25) is 0 Å². The lowest BCUT2D eigenvalue weighted by Gasteiger charge is -2.73. The molecule has 0 aliphatic heterocycles. The van der Waals surface area contributed by atoms with E-state index < -0.39 is 23.1 Å². The van der Waals surface area contributed by atoms with Crippen molar-refractivity contribution in [1.29, 1.82) is 0 Å². The average Bonchev–Trinajstić information content (AvgIpc) is 2.81. The zero-order chi connectivity index (χ0) is 25.8. The molecule has 0 radical (unpaired) electrons. The number of methoxy groups -OCH3 is 1. The molecule has 2 N–H and O–H groups in total. The van der Waals surface area contributed by atoms with E-state index in [1.807, 2.05) is 13.8 Å². The average molecular weight is 487 g/mol. The third-order valence-electron chi connectivity index (χ3n) is 13.3. The maximum absolute atomic E-state index is 13.0. The monoisotopic (exact) mass is 486 g/mol. The van der Waals surface area contributed by atoms with Gasteiger partial charge in [-0.25, -0.2) is 0 Å². The van der Waals surface area contributed by atoms with Crippen molar-refractivity contribution in [2.45, 2.75) is 111 Å². The van der Waals surface area contributed by atoms with Crippen molar-refractivity contribution in [3.63, 3.8) is 0 Å². The molecule has 0 spiro atoms. The molecule has 0 heterocycles. The summed E-state index contributed by atoms with van der Waals surface area (Å²) >= 11 is 0. The van der Waals surface area contributed by atoms with Gasteiger partial charge in [0, 0.05) is 13.0 Å². The molecule has 2 unspecified atom stereocenters. The summed E-state index contributed by atoms with van der Waals surface area (Å²) in [7, 11) is 1.62. The lowest BCUT2D eigenvalue weighted by molar-refractivity contribution is -0.229. The molecule has 0 aromatic heterocycles. The number of carbonyl (C=O) groups is 2. The number of carbonyl (C=O) groups excluding carboxylic acids is 1. The molecule has 5 rings (SSSR count). The number of aliphatic hydroxyl groups excluding tert-OH is 1. The molecule has 5 nitrogen and oxygen atoms in total. The minimum Gasteiger partial charge on any atom is -0.481 e. The van der Waals surface area contributed by atoms with Crippen LogP contribution in [0.15, 0.2) is 11.6 Å². The molecule has 0 amide bonds. The Balaban J connectivity index is 1.57. The number of hydrogen-bond donors (Lipinski definition) is 2. The van der Waals surface area contributed by atoms with Crippen LogP contribution < -0.4 is 0 Å². The van der Waals surface area contributed by atoms with Crippen molar-refractivity contribution < 1.29 is 24.5 Å². The van der Waals surface area contributed by atoms with E-state index in [-0.39, 0.29) is 33.4 Å². The van der Waals surface area contributed by atoms with E-state index in [4.69, 9.17) is 4.74 Å². The fourth-order valence-corrected chi connectivity index (χ4v) is 10.4. The minimum atomic E-state index is -1.11. The number of fused-ring (bicyclic) bond motifs is 7. The number of hydrogen-bond acceptors (Lipinski definition) is 4. The summed E-state index contributed by atoms with van der Waals surface area (Å²) in [6.45, 7) is 13.7. The van der Waals surface area contributed by atoms with E-state index in [2.05, 4.69) is 27.7 Å². The molecule has 0 bridgehead atoms. The summed E-state index contributed by atoms with van der Waals surface area (Å²) in [6, 6.07) is 0. The van der Waals surface area contributed by atoms with E-state index in [0.717, 1.165) is 57.8 Å². The van der Waals surface area contributed by atoms with Gasteiger partial charge >= 0.3 is 5.97 Å². The Kier molecular flexibility index (Phi) is 5.40. The van der Waals surface area contributed by atoms with Gasteiger partial charge in [0.15, 0.2) is 5.78 Å². The Morgan fingerprint density at radius 3 is 2.14 bits per heavy atom. The van der Waals surface area contributed by atoms with Gasteiger partial charge < -0.3 is 14.9 Å². The van der Waals surface area contributed by atoms with E-state index in [9.17, 15) is 19.8 Å². The molecule has 5 heteroatoms. The summed E-state index contributed by atoms with van der Waals surface area (Å²) in [5.74, 6) is 0.0108. The molecule has 196 valence electrons. The van der Waals surface area contributed by atoms with Crippen molar-refractivity contribution >= 4 is 11.8 Å². The third kappa shape index (κ3) is 3.00. The van der Waals surface area contributed by atoms with E-state index >= 15 is 0 Å². The van der Waals surface area contributed by atoms with Gasteiger partial charge in [0.25, 0.3) is 0 Å². The molecular weight excluding hydrogens is 440 g/mol. The largest absolute Gasteiger partial charge is 0.481 e. The maximum atomic E-state index is 13.0. The molecule has 5 aliphatic rings. The van der Waals surface area contributed by atoms with Gasteiger partial charge in [-0.3, -0.25) is 9.59 Å². The molecular formula is C30H46O5. The Morgan fingerprint density at radius 1 is 0.914 bits per heavy atom. The first-order valence-corrected chi connectivity index (χ1v) is 13.8. The first-order valence-electron chi connectivity index (χ1n) is 13.8. The first kappa shape index (κ1) is 25.4. The number of ketones is 1. The normalized spacial score (nSPS) is 55.7. The van der Waals surface area contributed by atoms with Crippen molar-refractivity contribution in [3.8, 4) is 0 Å². The lowest BCUT2D eigenvalue weighted by atomic mass is 9.32. The quantitative estimate of drug-likeness (QED) is 0.516. The number of aliphatic hydroxyl groups is 1. The second-order valence-corrected chi connectivity index (χ2v) is 14.5. The second-order valence-electron chi connectivity index (χ2n) is 14.5. The second kappa shape index (κ2) is 7.43. The van der Waals surface area contributed by atoms with Crippen molar-refractivity contribution in [2.24, 2.45) is 44.8 Å². The first-order chi connectivity index (χ1) is 16.1. The standard InChI is InChI=1S/C30H46O5/c1-25-10-11-26(2,24(33)34)17-22(25)29(5)15-13-27(3)19-16-20(31)23(32)30(6,35-7)18(19)8-9-21(27)28(29,4)14-12-25/h16,18,21-23,32H,8-15,17H2,1-7H3,(H,33,34)/t18?,21?,22-,23+,25-,26-,27+,28-,29+,30+/m1/s1. The van der Waals surface area contributed by atoms with Gasteiger partial charge in [-0.15, -0.1) is 0 Å². The molecule has 35 heavy (non-hydrogen) atoms. The number of rotatable bonds is 2. The number of carboxylic acids is 1. The summed E-state index contributed by atoms with van der Waals surface area (Å²) in [5, 5.41) is 20.9. The molecule has 4 saturated carbocycles. The Bertz CT molecular complexity index is 987. The van der Waals surface area contributed by atoms with E-state index in [1.165, 1.54) is 5.57 Å². The zero-order valence-electron chi connectivity index (χ0n) is 22.9. The van der Waals surface area contributed by atoms with Crippen LogP contribution in [0, 0.1) is 44.8 Å². The molecule has 0 aromatic carbocycles. The predicted octanol–water partition coefficient (Wildman–Crippen LogP) is 5.79. The van der Waals surface area contributed by atoms with Crippen LogP contribution in [-0.4, -0.2) is 40.8 Å². The number of ether oxygens (including phenoxy) is 1. The SMILES string of the molecule is CO[C@@]1(C)C2CCC3[C@@](C)(CC[C@@]4(C)[C@@H]5C[C@](C)(C(=O)O)CC[C@]5(C)CC[C@]34C)C2=CC(=O)[C@@H]1O. The highest BCUT2D eigenvalue weighted by molar-refractivity contribution is 5.96. The summed E-state index contributed by atoms with van der Waals surface area (Å²) in [5.41, 5.74) is -0.0814. The van der Waals surface area contributed by atoms with Crippen LogP contribution in [0.5, 0.6) is 0 Å². The van der Waals surface area contributed by atoms with Gasteiger partial charge in [-0.05, 0) is 111 Å². The lowest BCUT2D eigenvalue weighted by Crippen LogP contribution is -2.67. The van der Waals surface area contributed by atoms with Gasteiger partial charge in [-0.2, -0.15) is 0 Å². The number of aliphatic carboxylic acids is 1. The highest BCUT2D eigenvalue weighted by Crippen LogP contribution is 2.77. The molecule has 0 aromatic rings. The van der Waals surface area contributed by atoms with Crippen LogP contribution in [0.2, 0.25) is 0 Å². The van der Waals surface area contributed by atoms with Crippen molar-refractivity contribution in [1.82, 2.24) is 0 Å². The van der Waals surface area contributed by atoms with Crippen LogP contribution in [0.25, 0.3) is 0 Å². The summed E-state index contributed by atoms with van der Waals surface area (Å²) in [6.07, 6.45) is 9.57. The molecule has 4 fully saturated rings. The molecule has 10 atom stereocenters. The molecule has 0 saturated heterocycles. The highest BCUT2D eigenvalue weighted by Gasteiger charge is 2.70. The van der Waals surface area contributed by atoms with Gasteiger partial charge in [0.1, 0.15) is 11.7 Å². The van der Waals surface area contributed by atoms with Crippen LogP contribution in [0.3, 0.4) is 0 Å². The maximum Gasteiger partial charge on any atom is 0.309 e. The Morgan fingerprint density at radius 2 is 1.51 bits per heavy atom. The topological polar surface area (TPSA) is 83.8 Å². The summed E-state index contributed by atoms with van der Waals surface area (Å²) in [4.78, 5) is 25.3.